The molecule has 0 aliphatic carbocycles. The molecule has 0 rings (SSSR count). The third kappa shape index (κ3) is 44.2. The smallest absolute Gasteiger partial charge is 0.303 e. The van der Waals surface area contributed by atoms with Crippen LogP contribution in [0.4, 0.5) is 0 Å². The van der Waals surface area contributed by atoms with Gasteiger partial charge in [0.05, 0.1) is 36.8 Å². The molecule has 0 aromatic heterocycles. The quantitative estimate of drug-likeness (QED) is 0.0197. The molecule has 0 unspecified atom stereocenters. The van der Waals surface area contributed by atoms with E-state index in [1.807, 2.05) is 34.6 Å². The van der Waals surface area contributed by atoms with Crippen LogP contribution < -0.4 is 89.2 Å². The number of amides is 7. The van der Waals surface area contributed by atoms with E-state index in [4.69, 9.17) is 57.3 Å². The van der Waals surface area contributed by atoms with Gasteiger partial charge in [-0.1, -0.05) is 61.8 Å². The van der Waals surface area contributed by atoms with Crippen molar-refractivity contribution in [2.24, 2.45) is 131 Å². The monoisotopic (exact) mass is 1530 g/mol. The third-order valence-corrected chi connectivity index (χ3v) is 18.2. The number of aliphatic carboxylic acids is 1. The van der Waals surface area contributed by atoms with Crippen LogP contribution in [0.25, 0.3) is 0 Å². The summed E-state index contributed by atoms with van der Waals surface area (Å²) < 4.78 is 0. The molecule has 0 spiro atoms. The summed E-state index contributed by atoms with van der Waals surface area (Å²) in [4.78, 5) is 210. The summed E-state index contributed by atoms with van der Waals surface area (Å²) in [6.45, 7) is 15.3. The van der Waals surface area contributed by atoms with Gasteiger partial charge in [-0.2, -0.15) is 0 Å². The van der Waals surface area contributed by atoms with E-state index in [2.05, 4.69) is 51.9 Å². The Morgan fingerprint density at radius 1 is 0.370 bits per heavy atom. The highest BCUT2D eigenvalue weighted by atomic mass is 16.4. The fraction of sp³-hybridized carbons (Fsp3) is 0.750. The molecule has 0 aromatic rings. The maximum absolute atomic E-state index is 15.0. The van der Waals surface area contributed by atoms with Crippen LogP contribution in [-0.4, -0.2) is 192 Å². The molecule has 12 atom stereocenters. The first kappa shape index (κ1) is 98.8. The molecule has 0 heterocycles. The van der Waals surface area contributed by atoms with E-state index in [9.17, 15) is 77.3 Å². The van der Waals surface area contributed by atoms with Crippen molar-refractivity contribution in [1.29, 1.82) is 0 Å². The Hall–Kier alpha value is -9.22. The molecule has 7 amide bonds. The van der Waals surface area contributed by atoms with E-state index in [1.165, 1.54) is 6.92 Å². The van der Waals surface area contributed by atoms with E-state index < -0.39 is 187 Å². The molecule has 108 heavy (non-hydrogen) atoms. The topological polar surface area (TPSA) is 661 Å². The largest absolute Gasteiger partial charge is 0.481 e. The molecule has 0 aliphatic rings. The summed E-state index contributed by atoms with van der Waals surface area (Å²) in [5, 5.41) is 35.4. The number of carboxylic acids is 1. The highest BCUT2D eigenvalue weighted by molar-refractivity contribution is 5.99. The van der Waals surface area contributed by atoms with Gasteiger partial charge in [-0.15, -0.1) is 0 Å². The van der Waals surface area contributed by atoms with Crippen molar-refractivity contribution < 1.29 is 77.3 Å². The van der Waals surface area contributed by atoms with Crippen LogP contribution in [0, 0.1) is 53.3 Å². The van der Waals surface area contributed by atoms with Gasteiger partial charge in [-0.05, 0) is 133 Å². The summed E-state index contributed by atoms with van der Waals surface area (Å²) in [5.74, 6) is -17.0. The number of ketones is 6. The molecule has 0 saturated heterocycles. The van der Waals surface area contributed by atoms with Gasteiger partial charge >= 0.3 is 5.97 Å². The van der Waals surface area contributed by atoms with Crippen molar-refractivity contribution in [3.63, 3.8) is 0 Å². The Bertz CT molecular complexity index is 3040. The summed E-state index contributed by atoms with van der Waals surface area (Å²) in [6.07, 6.45) is -1.76. The molecule has 0 bridgehead atoms. The number of aliphatic imine (C=N–C) groups is 4. The summed E-state index contributed by atoms with van der Waals surface area (Å²) >= 11 is 0. The number of nitrogens with one attached hydrogen (secondary N) is 6. The minimum Gasteiger partial charge on any atom is -0.481 e. The minimum atomic E-state index is -1.42. The maximum Gasteiger partial charge on any atom is 0.303 e. The molecular formula is C72H130N20O16. The zero-order valence-corrected chi connectivity index (χ0v) is 65.0. The number of aliphatic hydroxyl groups is 1. The number of unbranched alkanes of at least 4 members (excludes halogenated alkanes) is 1. The number of hydrogen-bond donors (Lipinski definition) is 18. The molecule has 0 aromatic carbocycles. The van der Waals surface area contributed by atoms with Gasteiger partial charge in [0.2, 0.25) is 41.4 Å². The van der Waals surface area contributed by atoms with Crippen LogP contribution >= 0.6 is 0 Å². The Labute approximate surface area is 635 Å². The lowest BCUT2D eigenvalue weighted by Gasteiger charge is -2.27. The van der Waals surface area contributed by atoms with E-state index >= 15 is 0 Å². The van der Waals surface area contributed by atoms with Crippen molar-refractivity contribution in [3.05, 3.63) is 0 Å². The summed E-state index contributed by atoms with van der Waals surface area (Å²) in [6, 6.07) is -7.77. The van der Waals surface area contributed by atoms with Gasteiger partial charge in [0.1, 0.15) is 11.8 Å². The molecule has 0 fully saturated rings. The van der Waals surface area contributed by atoms with Crippen molar-refractivity contribution in [3.8, 4) is 0 Å². The Morgan fingerprint density at radius 2 is 0.713 bits per heavy atom. The van der Waals surface area contributed by atoms with Gasteiger partial charge in [-0.25, -0.2) is 0 Å². The Kier molecular flexibility index (Phi) is 49.7. The second kappa shape index (κ2) is 54.4. The molecule has 36 heteroatoms. The van der Waals surface area contributed by atoms with Gasteiger partial charge in [0.15, 0.2) is 52.8 Å². The number of Topliss-reactive ketones (excluding diaryl/α,β-unsaturated/α-hetero) is 6. The number of rotatable bonds is 62. The maximum atomic E-state index is 15.0. The van der Waals surface area contributed by atoms with E-state index in [0.29, 0.717) is 19.3 Å². The molecular weight excluding hydrogens is 1400 g/mol. The number of primary amides is 1. The SMILES string of the molecule is CC[C@H](C)[C@H](CC(C)=O)C(=O)N[C@@H](CCC(=O)O)C(=O)CCC(=O)N[C@@H](CC(C)C)C(=O)C[C@@H](CCCN=C(N)N)C(=O)N[C@@H](CCCCN)C(=O)C[C@@H](CCCN=C(N)N)C(=O)N[C@@H](CCCN=C(N)N)C(=O)C[C@@H](CCCN=C(N)N)C(=O)N[C@@H](CC(C)C)C(=O)C[C@@H](CC(C)C)C(=O)N[C@@H](CO)C(N)=O. The number of nitrogens with zero attached hydrogens (tertiary/aromatic N) is 4. The predicted octanol–water partition coefficient (Wildman–Crippen LogP) is -0.988. The van der Waals surface area contributed by atoms with Crippen LogP contribution in [0.15, 0.2) is 20.0 Å². The number of carbonyl (C=O) groups excluding carboxylic acids is 13. The van der Waals surface area contributed by atoms with E-state index in [-0.39, 0.29) is 182 Å². The van der Waals surface area contributed by atoms with Gasteiger partial charge in [0.25, 0.3) is 0 Å². The normalized spacial score (nSPS) is 14.6. The second-order valence-corrected chi connectivity index (χ2v) is 29.2. The molecule has 0 aliphatic heterocycles. The first-order valence-corrected chi connectivity index (χ1v) is 37.6. The van der Waals surface area contributed by atoms with Gasteiger partial charge < -0.3 is 104 Å². The average molecular weight is 1530 g/mol. The van der Waals surface area contributed by atoms with Crippen molar-refractivity contribution in [2.45, 2.75) is 253 Å². The lowest BCUT2D eigenvalue weighted by molar-refractivity contribution is -0.138. The lowest BCUT2D eigenvalue weighted by Crippen LogP contribution is -2.50. The van der Waals surface area contributed by atoms with E-state index in [1.54, 1.807) is 20.8 Å². The minimum absolute atomic E-state index is 0.00348. The summed E-state index contributed by atoms with van der Waals surface area (Å²) in [7, 11) is 0. The van der Waals surface area contributed by atoms with E-state index in [0.717, 1.165) is 0 Å². The number of carboxylic acid groups (broad SMARTS) is 1. The lowest BCUT2D eigenvalue weighted by atomic mass is 9.86. The second-order valence-electron chi connectivity index (χ2n) is 29.2. The highest BCUT2D eigenvalue weighted by Gasteiger charge is 2.38. The van der Waals surface area contributed by atoms with Crippen LogP contribution in [0.2, 0.25) is 0 Å². The van der Waals surface area contributed by atoms with Crippen LogP contribution in [0.1, 0.15) is 216 Å². The fourth-order valence-corrected chi connectivity index (χ4v) is 12.2. The molecule has 614 valence electrons. The van der Waals surface area contributed by atoms with Gasteiger partial charge in [0, 0.05) is 107 Å². The zero-order valence-electron chi connectivity index (χ0n) is 65.0. The van der Waals surface area contributed by atoms with Gasteiger partial charge in [-0.3, -0.25) is 82.3 Å². The highest BCUT2D eigenvalue weighted by Crippen LogP contribution is 2.26. The molecule has 0 radical (unpaired) electrons. The Morgan fingerprint density at radius 3 is 1.07 bits per heavy atom. The first-order chi connectivity index (χ1) is 50.7. The predicted molar refractivity (Wildman–Crippen MR) is 411 cm³/mol. The zero-order chi connectivity index (χ0) is 82.3. The number of aliphatic hydroxyl groups excluding tert-OH is 1. The number of nitrogens with two attached hydrogens (primary N) is 10. The fourth-order valence-electron chi connectivity index (χ4n) is 12.2. The van der Waals surface area contributed by atoms with Crippen LogP contribution in [-0.2, 0) is 67.1 Å². The number of carbonyl (C=O) groups is 14. The third-order valence-electron chi connectivity index (χ3n) is 18.2. The van der Waals surface area contributed by atoms with Crippen LogP contribution in [0.5, 0.6) is 0 Å². The number of guanidine groups is 4. The first-order valence-electron chi connectivity index (χ1n) is 37.6. The Balaban J connectivity index is 7.60. The van der Waals surface area contributed by atoms with Crippen molar-refractivity contribution in [1.82, 2.24) is 31.9 Å². The summed E-state index contributed by atoms with van der Waals surface area (Å²) in [5.41, 5.74) is 56.3. The molecule has 28 N–H and O–H groups in total. The standard InChI is InChI=1S/C72H130N20O16/c1-10-43(8)49(34-44(9)94)68(108)90-52(22-25-62(101)102)56(95)23-24-61(100)87-53(32-41(4)5)59(98)37-47(19-15-29-85-71(79)80)65(105)88-50(20-11-12-26-73)57(96)35-45(17-13-27-83-69(75)76)64(104)89-51(21-16-30-86-72(81)82)58(97)36-46(18-14-28-84-70(77)78)66(106)91-54(33-42(6)7)60(99)38-48(31-40(2)3)67(107)92-55(39-93)63(74)103/h40-43,45-55,93H,10-39,73H2,1-9H3,(H2,74,103)(H,87,100)(H,88,105)(H,89,104)(H,90,108)(H,91,106)(H,92,107)(H,101,102)(H4,75,76,83)(H4,77,78,84)(H4,79,80,85)(H4,81,82,86)/t43-,45+,46+,47+,48+,49-,50-,51-,52-,53-,54-,55-/m0/s1. The molecule has 36 nitrogen and oxygen atoms in total. The van der Waals surface area contributed by atoms with Crippen LogP contribution in [0.3, 0.4) is 0 Å². The van der Waals surface area contributed by atoms with Crippen molar-refractivity contribution >= 4 is 106 Å². The average Bonchev–Trinajstić information content (AvgIpc) is 0.866. The number of hydrogen-bond acceptors (Lipinski definition) is 20. The molecule has 0 saturated carbocycles. The van der Waals surface area contributed by atoms with Crippen molar-refractivity contribution in [2.75, 3.05) is 39.3 Å².